The van der Waals surface area contributed by atoms with Crippen LogP contribution in [-0.2, 0) is 14.6 Å². The Morgan fingerprint density at radius 2 is 2.10 bits per heavy atom. The molecule has 2 aliphatic heterocycles. The molecule has 0 aromatic rings. The molecule has 0 radical (unpaired) electrons. The van der Waals surface area contributed by atoms with Crippen LogP contribution in [0.25, 0.3) is 0 Å². The van der Waals surface area contributed by atoms with Gasteiger partial charge in [0.25, 0.3) is 5.91 Å². The lowest BCUT2D eigenvalue weighted by molar-refractivity contribution is -0.127. The van der Waals surface area contributed by atoms with E-state index in [4.69, 9.17) is 5.26 Å². The molecule has 0 saturated carbocycles. The fourth-order valence-corrected chi connectivity index (χ4v) is 3.99. The van der Waals surface area contributed by atoms with Crippen LogP contribution in [0.15, 0.2) is 11.8 Å². The molecule has 20 heavy (non-hydrogen) atoms. The standard InChI is InChI=1S/C12H18N4O3S/c13-7-10(12(17)16-4-2-14-3-5-16)8-15-11-1-6-20(18,19)9-11/h8,11,14-15H,1-6,9H2/b10-8-. The van der Waals surface area contributed by atoms with Crippen LogP contribution in [0.4, 0.5) is 0 Å². The van der Waals surface area contributed by atoms with Crippen LogP contribution in [0, 0.1) is 11.3 Å². The van der Waals surface area contributed by atoms with Crippen LogP contribution in [0.3, 0.4) is 0 Å². The van der Waals surface area contributed by atoms with Crippen LogP contribution >= 0.6 is 0 Å². The topological polar surface area (TPSA) is 102 Å². The van der Waals surface area contributed by atoms with Crippen molar-refractivity contribution in [2.24, 2.45) is 0 Å². The Hall–Kier alpha value is -1.59. The highest BCUT2D eigenvalue weighted by Crippen LogP contribution is 2.11. The largest absolute Gasteiger partial charge is 0.386 e. The monoisotopic (exact) mass is 298 g/mol. The SMILES string of the molecule is N#C/C(=C/NC1CCS(=O)(=O)C1)C(=O)N1CCNCC1. The summed E-state index contributed by atoms with van der Waals surface area (Å²) in [5.74, 6) is -0.0850. The van der Waals surface area contributed by atoms with Gasteiger partial charge in [0, 0.05) is 38.4 Å². The lowest BCUT2D eigenvalue weighted by Crippen LogP contribution is -2.47. The van der Waals surface area contributed by atoms with Crippen LogP contribution in [0.1, 0.15) is 6.42 Å². The Balaban J connectivity index is 1.95. The normalized spacial score (nSPS) is 26.1. The van der Waals surface area contributed by atoms with E-state index in [1.165, 1.54) is 6.20 Å². The van der Waals surface area contributed by atoms with Gasteiger partial charge >= 0.3 is 0 Å². The second-order valence-electron chi connectivity index (χ2n) is 4.98. The number of piperazine rings is 1. The fraction of sp³-hybridized carbons (Fsp3) is 0.667. The highest BCUT2D eigenvalue weighted by atomic mass is 32.2. The number of nitrogens with zero attached hydrogens (tertiary/aromatic N) is 2. The van der Waals surface area contributed by atoms with Gasteiger partial charge in [-0.25, -0.2) is 8.42 Å². The molecule has 1 amide bonds. The number of carbonyl (C=O) groups excluding carboxylic acids is 1. The minimum absolute atomic E-state index is 0.0243. The quantitative estimate of drug-likeness (QED) is 0.491. The van der Waals surface area contributed by atoms with E-state index in [1.807, 2.05) is 6.07 Å². The van der Waals surface area contributed by atoms with E-state index in [1.54, 1.807) is 4.90 Å². The maximum absolute atomic E-state index is 12.1. The first-order valence-electron chi connectivity index (χ1n) is 6.58. The second-order valence-corrected chi connectivity index (χ2v) is 7.21. The smallest absolute Gasteiger partial charge is 0.266 e. The number of sulfone groups is 1. The van der Waals surface area contributed by atoms with E-state index in [0.717, 1.165) is 13.1 Å². The van der Waals surface area contributed by atoms with E-state index in [-0.39, 0.29) is 29.0 Å². The van der Waals surface area contributed by atoms with Gasteiger partial charge in [0.1, 0.15) is 11.6 Å². The zero-order valence-corrected chi connectivity index (χ0v) is 11.9. The first-order chi connectivity index (χ1) is 9.52. The zero-order valence-electron chi connectivity index (χ0n) is 11.1. The van der Waals surface area contributed by atoms with Gasteiger partial charge in [-0.05, 0) is 6.42 Å². The van der Waals surface area contributed by atoms with Gasteiger partial charge in [0.2, 0.25) is 0 Å². The van der Waals surface area contributed by atoms with Crippen molar-refractivity contribution in [2.75, 3.05) is 37.7 Å². The summed E-state index contributed by atoms with van der Waals surface area (Å²) in [6.45, 7) is 2.60. The molecule has 2 saturated heterocycles. The van der Waals surface area contributed by atoms with Gasteiger partial charge in [-0.3, -0.25) is 4.79 Å². The van der Waals surface area contributed by atoms with Crippen LogP contribution in [-0.4, -0.2) is 63.0 Å². The van der Waals surface area contributed by atoms with Gasteiger partial charge in [-0.2, -0.15) is 5.26 Å². The summed E-state index contributed by atoms with van der Waals surface area (Å²) >= 11 is 0. The van der Waals surface area contributed by atoms with Gasteiger partial charge in [-0.1, -0.05) is 0 Å². The number of hydrogen-bond acceptors (Lipinski definition) is 6. The maximum Gasteiger partial charge on any atom is 0.266 e. The number of nitrogens with one attached hydrogen (secondary N) is 2. The Kier molecular flexibility index (Phi) is 4.62. The van der Waals surface area contributed by atoms with Gasteiger partial charge in [0.15, 0.2) is 9.84 Å². The summed E-state index contributed by atoms with van der Waals surface area (Å²) in [4.78, 5) is 13.7. The molecule has 1 unspecified atom stereocenters. The molecular formula is C12H18N4O3S. The predicted octanol–water partition coefficient (Wildman–Crippen LogP) is -1.40. The van der Waals surface area contributed by atoms with E-state index >= 15 is 0 Å². The molecule has 2 rings (SSSR count). The number of amides is 1. The number of rotatable bonds is 3. The molecule has 7 nitrogen and oxygen atoms in total. The van der Waals surface area contributed by atoms with Gasteiger partial charge in [0.05, 0.1) is 11.5 Å². The molecule has 1 atom stereocenters. The van der Waals surface area contributed by atoms with Crippen molar-refractivity contribution in [2.45, 2.75) is 12.5 Å². The van der Waals surface area contributed by atoms with Crippen molar-refractivity contribution in [1.29, 1.82) is 5.26 Å². The summed E-state index contributed by atoms with van der Waals surface area (Å²) in [7, 11) is -2.97. The van der Waals surface area contributed by atoms with Crippen molar-refractivity contribution < 1.29 is 13.2 Å². The van der Waals surface area contributed by atoms with Crippen LogP contribution in [0.2, 0.25) is 0 Å². The highest BCUT2D eigenvalue weighted by Gasteiger charge is 2.27. The van der Waals surface area contributed by atoms with E-state index < -0.39 is 9.84 Å². The minimum Gasteiger partial charge on any atom is -0.386 e. The molecule has 0 spiro atoms. The van der Waals surface area contributed by atoms with Crippen LogP contribution < -0.4 is 10.6 Å². The summed E-state index contributed by atoms with van der Waals surface area (Å²) in [5.41, 5.74) is 0.0243. The molecule has 0 bridgehead atoms. The lowest BCUT2D eigenvalue weighted by Gasteiger charge is -2.27. The first kappa shape index (κ1) is 14.8. The van der Waals surface area contributed by atoms with Crippen LogP contribution in [0.5, 0.6) is 0 Å². The lowest BCUT2D eigenvalue weighted by atomic mass is 10.2. The van der Waals surface area contributed by atoms with Gasteiger partial charge in [-0.15, -0.1) is 0 Å². The third kappa shape index (κ3) is 3.71. The number of nitriles is 1. The Morgan fingerprint density at radius 3 is 2.65 bits per heavy atom. The molecule has 8 heteroatoms. The molecule has 0 aromatic heterocycles. The van der Waals surface area contributed by atoms with Crippen molar-refractivity contribution >= 4 is 15.7 Å². The Morgan fingerprint density at radius 1 is 1.40 bits per heavy atom. The second kappa shape index (κ2) is 6.24. The van der Waals surface area contributed by atoms with Crippen molar-refractivity contribution in [3.05, 3.63) is 11.8 Å². The van der Waals surface area contributed by atoms with Crippen molar-refractivity contribution in [3.8, 4) is 6.07 Å². The van der Waals surface area contributed by atoms with E-state index in [2.05, 4.69) is 10.6 Å². The Bertz CT molecular complexity index is 544. The first-order valence-corrected chi connectivity index (χ1v) is 8.41. The molecule has 0 aliphatic carbocycles. The number of carbonyl (C=O) groups is 1. The average molecular weight is 298 g/mol. The zero-order chi connectivity index (χ0) is 14.6. The summed E-state index contributed by atoms with van der Waals surface area (Å²) in [6, 6.07) is 1.67. The van der Waals surface area contributed by atoms with Crippen molar-refractivity contribution in [3.63, 3.8) is 0 Å². The average Bonchev–Trinajstić information content (AvgIpc) is 2.79. The highest BCUT2D eigenvalue weighted by molar-refractivity contribution is 7.91. The maximum atomic E-state index is 12.1. The molecular weight excluding hydrogens is 280 g/mol. The molecule has 110 valence electrons. The third-order valence-electron chi connectivity index (χ3n) is 3.45. The molecule has 2 fully saturated rings. The van der Waals surface area contributed by atoms with Gasteiger partial charge < -0.3 is 15.5 Å². The third-order valence-corrected chi connectivity index (χ3v) is 5.22. The Labute approximate surface area is 118 Å². The molecule has 2 aliphatic rings. The fourth-order valence-electron chi connectivity index (χ4n) is 2.31. The summed E-state index contributed by atoms with van der Waals surface area (Å²) < 4.78 is 22.7. The predicted molar refractivity (Wildman–Crippen MR) is 73.3 cm³/mol. The molecule has 0 aromatic carbocycles. The summed E-state index contributed by atoms with van der Waals surface area (Å²) in [5, 5.41) is 15.1. The molecule has 2 N–H and O–H groups in total. The minimum atomic E-state index is -2.97. The number of hydrogen-bond donors (Lipinski definition) is 2. The van der Waals surface area contributed by atoms with E-state index in [0.29, 0.717) is 19.5 Å². The summed E-state index contributed by atoms with van der Waals surface area (Å²) in [6.07, 6.45) is 1.87. The molecule has 2 heterocycles. The van der Waals surface area contributed by atoms with Crippen molar-refractivity contribution in [1.82, 2.24) is 15.5 Å². The van der Waals surface area contributed by atoms with E-state index in [9.17, 15) is 13.2 Å².